The maximum Gasteiger partial charge on any atom is 0.232 e. The number of anilines is 1. The molecule has 1 aliphatic rings. The van der Waals surface area contributed by atoms with Crippen molar-refractivity contribution in [1.29, 1.82) is 0 Å². The molecule has 1 saturated heterocycles. The second kappa shape index (κ2) is 7.53. The number of amides is 1. The van der Waals surface area contributed by atoms with Gasteiger partial charge < -0.3 is 9.84 Å². The number of piperidine rings is 1. The van der Waals surface area contributed by atoms with Crippen LogP contribution in [0.3, 0.4) is 0 Å². The number of aromatic nitrogens is 3. The maximum atomic E-state index is 12.4. The Kier molecular flexibility index (Phi) is 5.36. The summed E-state index contributed by atoms with van der Waals surface area (Å²) in [6.45, 7) is 10.4. The van der Waals surface area contributed by atoms with E-state index < -0.39 is 0 Å². The van der Waals surface area contributed by atoms with Crippen LogP contribution in [-0.4, -0.2) is 39.0 Å². The van der Waals surface area contributed by atoms with Gasteiger partial charge in [-0.1, -0.05) is 32.0 Å². The van der Waals surface area contributed by atoms with Crippen molar-refractivity contribution in [3.05, 3.63) is 35.6 Å². The van der Waals surface area contributed by atoms with E-state index in [4.69, 9.17) is 4.52 Å². The number of nitrogens with zero attached hydrogens (tertiary/aromatic N) is 4. The van der Waals surface area contributed by atoms with Crippen LogP contribution >= 0.6 is 0 Å². The quantitative estimate of drug-likeness (QED) is 0.906. The van der Waals surface area contributed by atoms with Crippen molar-refractivity contribution in [3.63, 3.8) is 0 Å². The van der Waals surface area contributed by atoms with E-state index in [1.165, 1.54) is 0 Å². The van der Waals surface area contributed by atoms with Crippen molar-refractivity contribution >= 4 is 11.7 Å². The Hall–Kier alpha value is -2.28. The topological polar surface area (TPSA) is 84.2 Å². The number of rotatable bonds is 4. The van der Waals surface area contributed by atoms with Gasteiger partial charge in [0.15, 0.2) is 5.82 Å². The molecule has 0 radical (unpaired) electrons. The Labute approximate surface area is 154 Å². The SMILES string of the molecule is Cc1cccc(NC(=O)C2CCN(Cc3noc(C(C)(C)C)n3)CC2)n1. The molecule has 3 heterocycles. The van der Waals surface area contributed by atoms with E-state index in [-0.39, 0.29) is 17.2 Å². The Morgan fingerprint density at radius 1 is 1.27 bits per heavy atom. The van der Waals surface area contributed by atoms with Gasteiger partial charge in [-0.15, -0.1) is 0 Å². The zero-order valence-corrected chi connectivity index (χ0v) is 16.0. The lowest BCUT2D eigenvalue weighted by atomic mass is 9.96. The standard InChI is InChI=1S/C19H27N5O2/c1-13-6-5-7-15(20-13)21-17(25)14-8-10-24(11-9-14)12-16-22-18(26-23-16)19(2,3)4/h5-7,14H,8-12H2,1-4H3,(H,20,21,25). The highest BCUT2D eigenvalue weighted by Crippen LogP contribution is 2.22. The second-order valence-electron chi connectivity index (χ2n) is 7.97. The number of carbonyl (C=O) groups is 1. The van der Waals surface area contributed by atoms with Gasteiger partial charge in [-0.2, -0.15) is 4.98 Å². The fourth-order valence-electron chi connectivity index (χ4n) is 3.02. The zero-order chi connectivity index (χ0) is 18.7. The molecule has 1 amide bonds. The fraction of sp³-hybridized carbons (Fsp3) is 0.579. The molecular formula is C19H27N5O2. The van der Waals surface area contributed by atoms with E-state index in [1.54, 1.807) is 0 Å². The zero-order valence-electron chi connectivity index (χ0n) is 16.0. The van der Waals surface area contributed by atoms with E-state index in [2.05, 4.69) is 46.1 Å². The van der Waals surface area contributed by atoms with Crippen LogP contribution in [0, 0.1) is 12.8 Å². The third-order valence-corrected chi connectivity index (χ3v) is 4.57. The summed E-state index contributed by atoms with van der Waals surface area (Å²) in [4.78, 5) is 23.5. The first-order valence-corrected chi connectivity index (χ1v) is 9.11. The molecule has 140 valence electrons. The summed E-state index contributed by atoms with van der Waals surface area (Å²) in [5.41, 5.74) is 0.757. The lowest BCUT2D eigenvalue weighted by Gasteiger charge is -2.30. The minimum Gasteiger partial charge on any atom is -0.339 e. The van der Waals surface area contributed by atoms with Crippen LogP contribution in [0.4, 0.5) is 5.82 Å². The summed E-state index contributed by atoms with van der Waals surface area (Å²) in [6, 6.07) is 5.64. The van der Waals surface area contributed by atoms with Crippen LogP contribution in [0.5, 0.6) is 0 Å². The normalized spacial score (nSPS) is 16.6. The number of hydrogen-bond donors (Lipinski definition) is 1. The Morgan fingerprint density at radius 3 is 2.62 bits per heavy atom. The molecule has 0 bridgehead atoms. The predicted octanol–water partition coefficient (Wildman–Crippen LogP) is 2.92. The molecule has 1 N–H and O–H groups in total. The fourth-order valence-corrected chi connectivity index (χ4v) is 3.02. The van der Waals surface area contributed by atoms with E-state index >= 15 is 0 Å². The largest absolute Gasteiger partial charge is 0.339 e. The molecule has 7 heteroatoms. The van der Waals surface area contributed by atoms with Gasteiger partial charge in [-0.3, -0.25) is 9.69 Å². The van der Waals surface area contributed by atoms with Crippen LogP contribution in [0.15, 0.2) is 22.7 Å². The second-order valence-corrected chi connectivity index (χ2v) is 7.97. The van der Waals surface area contributed by atoms with Crippen LogP contribution in [0.2, 0.25) is 0 Å². The van der Waals surface area contributed by atoms with E-state index in [1.807, 2.05) is 25.1 Å². The third-order valence-electron chi connectivity index (χ3n) is 4.57. The minimum absolute atomic E-state index is 0.0176. The van der Waals surface area contributed by atoms with Gasteiger partial charge in [0, 0.05) is 17.0 Å². The number of nitrogens with one attached hydrogen (secondary N) is 1. The molecule has 7 nitrogen and oxygen atoms in total. The summed E-state index contributed by atoms with van der Waals surface area (Å²) in [5, 5.41) is 7.01. The van der Waals surface area contributed by atoms with Crippen LogP contribution in [0.25, 0.3) is 0 Å². The highest BCUT2D eigenvalue weighted by molar-refractivity contribution is 5.91. The van der Waals surface area contributed by atoms with E-state index in [0.717, 1.165) is 31.6 Å². The highest BCUT2D eigenvalue weighted by Gasteiger charge is 2.27. The third kappa shape index (κ3) is 4.66. The van der Waals surface area contributed by atoms with Crippen molar-refractivity contribution < 1.29 is 9.32 Å². The smallest absolute Gasteiger partial charge is 0.232 e. The summed E-state index contributed by atoms with van der Waals surface area (Å²) >= 11 is 0. The molecule has 0 aliphatic carbocycles. The average Bonchev–Trinajstić information content (AvgIpc) is 3.04. The van der Waals surface area contributed by atoms with Gasteiger partial charge >= 0.3 is 0 Å². The van der Waals surface area contributed by atoms with Gasteiger partial charge in [-0.05, 0) is 45.0 Å². The average molecular weight is 357 g/mol. The maximum absolute atomic E-state index is 12.4. The summed E-state index contributed by atoms with van der Waals surface area (Å²) in [6.07, 6.45) is 1.64. The molecule has 0 unspecified atom stereocenters. The van der Waals surface area contributed by atoms with E-state index in [9.17, 15) is 4.79 Å². The predicted molar refractivity (Wildman–Crippen MR) is 98.6 cm³/mol. The number of carbonyl (C=O) groups excluding carboxylic acids is 1. The number of aryl methyl sites for hydroxylation is 1. The van der Waals surface area contributed by atoms with Crippen LogP contribution in [-0.2, 0) is 16.8 Å². The van der Waals surface area contributed by atoms with Gasteiger partial charge in [0.05, 0.1) is 6.54 Å². The number of pyridine rings is 1. The molecule has 1 aliphatic heterocycles. The van der Waals surface area contributed by atoms with Crippen molar-refractivity contribution in [2.75, 3.05) is 18.4 Å². The summed E-state index contributed by atoms with van der Waals surface area (Å²) in [7, 11) is 0. The number of likely N-dealkylation sites (tertiary alicyclic amines) is 1. The Balaban J connectivity index is 1.49. The van der Waals surface area contributed by atoms with Crippen molar-refractivity contribution in [2.24, 2.45) is 5.92 Å². The molecule has 26 heavy (non-hydrogen) atoms. The first-order valence-electron chi connectivity index (χ1n) is 9.11. The molecule has 1 fully saturated rings. The number of hydrogen-bond acceptors (Lipinski definition) is 6. The molecule has 0 saturated carbocycles. The van der Waals surface area contributed by atoms with Crippen molar-refractivity contribution in [3.8, 4) is 0 Å². The first kappa shape index (κ1) is 18.5. The molecule has 0 spiro atoms. The lowest BCUT2D eigenvalue weighted by Crippen LogP contribution is -2.38. The molecule has 0 atom stereocenters. The van der Waals surface area contributed by atoms with E-state index in [0.29, 0.717) is 24.1 Å². The molecule has 2 aromatic rings. The highest BCUT2D eigenvalue weighted by atomic mass is 16.5. The molecular weight excluding hydrogens is 330 g/mol. The Bertz CT molecular complexity index is 757. The monoisotopic (exact) mass is 357 g/mol. The molecule has 3 rings (SSSR count). The van der Waals surface area contributed by atoms with Gasteiger partial charge in [-0.25, -0.2) is 4.98 Å². The van der Waals surface area contributed by atoms with Gasteiger partial charge in [0.2, 0.25) is 11.8 Å². The Morgan fingerprint density at radius 2 is 2.00 bits per heavy atom. The minimum atomic E-state index is -0.139. The summed E-state index contributed by atoms with van der Waals surface area (Å²) in [5.74, 6) is 2.06. The first-order chi connectivity index (χ1) is 12.3. The molecule has 0 aromatic carbocycles. The van der Waals surface area contributed by atoms with Crippen molar-refractivity contribution in [1.82, 2.24) is 20.0 Å². The van der Waals surface area contributed by atoms with Gasteiger partial charge in [0.1, 0.15) is 5.82 Å². The summed E-state index contributed by atoms with van der Waals surface area (Å²) < 4.78 is 5.35. The lowest BCUT2D eigenvalue weighted by molar-refractivity contribution is -0.121. The van der Waals surface area contributed by atoms with Crippen molar-refractivity contribution in [2.45, 2.75) is 52.5 Å². The van der Waals surface area contributed by atoms with Gasteiger partial charge in [0.25, 0.3) is 0 Å². The van der Waals surface area contributed by atoms with Crippen LogP contribution in [0.1, 0.15) is 51.0 Å². The van der Waals surface area contributed by atoms with Crippen LogP contribution < -0.4 is 5.32 Å². The molecule has 2 aromatic heterocycles.